The third-order valence-corrected chi connectivity index (χ3v) is 2.27. The van der Waals surface area contributed by atoms with Crippen LogP contribution in [-0.2, 0) is 11.8 Å². The fraction of sp³-hybridized carbons (Fsp3) is 0.500. The summed E-state index contributed by atoms with van der Waals surface area (Å²) in [6.07, 6.45) is 2.88. The first-order chi connectivity index (χ1) is 7.43. The molecule has 1 heterocycles. The van der Waals surface area contributed by atoms with E-state index in [1.165, 1.54) is 17.1 Å². The Kier molecular flexibility index (Phi) is 3.65. The number of carbonyl (C=O) groups is 2. The molecule has 6 nitrogen and oxygen atoms in total. The highest BCUT2D eigenvalue weighted by atomic mass is 16.4. The lowest BCUT2D eigenvalue weighted by atomic mass is 10.0. The highest BCUT2D eigenvalue weighted by Crippen LogP contribution is 2.04. The molecule has 0 fully saturated rings. The van der Waals surface area contributed by atoms with Gasteiger partial charge in [0, 0.05) is 7.05 Å². The van der Waals surface area contributed by atoms with Gasteiger partial charge >= 0.3 is 5.97 Å². The molecule has 1 rings (SSSR count). The molecule has 0 radical (unpaired) electrons. The molecule has 1 aromatic heterocycles. The number of amides is 1. The highest BCUT2D eigenvalue weighted by Gasteiger charge is 2.24. The number of imidazole rings is 1. The third kappa shape index (κ3) is 2.59. The minimum atomic E-state index is -1.04. The van der Waals surface area contributed by atoms with Crippen LogP contribution in [0.3, 0.4) is 0 Å². The summed E-state index contributed by atoms with van der Waals surface area (Å²) >= 11 is 0. The van der Waals surface area contributed by atoms with E-state index in [1.54, 1.807) is 20.9 Å². The smallest absolute Gasteiger partial charge is 0.326 e. The molecule has 0 aliphatic rings. The Hall–Kier alpha value is -1.85. The Morgan fingerprint density at radius 2 is 2.12 bits per heavy atom. The first-order valence-corrected chi connectivity index (χ1v) is 4.93. The number of carboxylic acids is 1. The number of aliphatic carboxylic acids is 1. The van der Waals surface area contributed by atoms with Crippen LogP contribution in [0.25, 0.3) is 0 Å². The van der Waals surface area contributed by atoms with Crippen LogP contribution in [-0.4, -0.2) is 32.6 Å². The van der Waals surface area contributed by atoms with Crippen molar-refractivity contribution in [3.8, 4) is 0 Å². The number of aryl methyl sites for hydroxylation is 1. The van der Waals surface area contributed by atoms with Gasteiger partial charge in [0.2, 0.25) is 0 Å². The van der Waals surface area contributed by atoms with E-state index in [0.29, 0.717) is 5.69 Å². The lowest BCUT2D eigenvalue weighted by Gasteiger charge is -2.17. The summed E-state index contributed by atoms with van der Waals surface area (Å²) in [6.45, 7) is 3.48. The minimum Gasteiger partial charge on any atom is -0.480 e. The van der Waals surface area contributed by atoms with Crippen molar-refractivity contribution in [1.82, 2.24) is 14.9 Å². The Balaban J connectivity index is 2.77. The van der Waals surface area contributed by atoms with Gasteiger partial charge in [-0.1, -0.05) is 13.8 Å². The second-order valence-corrected chi connectivity index (χ2v) is 3.92. The molecule has 0 unspecified atom stereocenters. The lowest BCUT2D eigenvalue weighted by molar-refractivity contribution is -0.140. The van der Waals surface area contributed by atoms with Crippen LogP contribution in [0.2, 0.25) is 0 Å². The number of nitrogens with one attached hydrogen (secondary N) is 1. The molecule has 2 N–H and O–H groups in total. The third-order valence-electron chi connectivity index (χ3n) is 2.27. The topological polar surface area (TPSA) is 84.2 Å². The van der Waals surface area contributed by atoms with Crippen LogP contribution < -0.4 is 5.32 Å². The van der Waals surface area contributed by atoms with Gasteiger partial charge in [0.15, 0.2) is 0 Å². The average molecular weight is 225 g/mol. The molecule has 1 aromatic rings. The Morgan fingerprint density at radius 1 is 1.50 bits per heavy atom. The van der Waals surface area contributed by atoms with Crippen molar-refractivity contribution in [3.05, 3.63) is 18.2 Å². The van der Waals surface area contributed by atoms with E-state index >= 15 is 0 Å². The van der Waals surface area contributed by atoms with E-state index in [-0.39, 0.29) is 5.92 Å². The molecule has 0 bridgehead atoms. The predicted octanol–water partition coefficient (Wildman–Crippen LogP) is 0.259. The molecule has 1 atom stereocenters. The standard InChI is InChI=1S/C10H15N3O3/c1-6(2)8(10(15)16)12-9(14)7-4-11-5-13(7)3/h4-6,8H,1-3H3,(H,12,14)(H,15,16)/t8-/m1/s1. The van der Waals surface area contributed by atoms with Crippen LogP contribution in [0.5, 0.6) is 0 Å². The van der Waals surface area contributed by atoms with Crippen molar-refractivity contribution in [2.45, 2.75) is 19.9 Å². The Morgan fingerprint density at radius 3 is 2.50 bits per heavy atom. The monoisotopic (exact) mass is 225 g/mol. The molecule has 1 amide bonds. The van der Waals surface area contributed by atoms with Gasteiger partial charge in [0.05, 0.1) is 12.5 Å². The summed E-state index contributed by atoms with van der Waals surface area (Å²) in [4.78, 5) is 26.4. The SMILES string of the molecule is CC(C)[C@@H](NC(=O)c1cncn1C)C(=O)O. The number of hydrogen-bond acceptors (Lipinski definition) is 3. The lowest BCUT2D eigenvalue weighted by Crippen LogP contribution is -2.44. The Labute approximate surface area is 93.3 Å². The van der Waals surface area contributed by atoms with Gasteiger partial charge in [-0.05, 0) is 5.92 Å². The van der Waals surface area contributed by atoms with E-state index in [4.69, 9.17) is 5.11 Å². The first-order valence-electron chi connectivity index (χ1n) is 4.93. The molecule has 0 aliphatic heterocycles. The number of nitrogens with zero attached hydrogens (tertiary/aromatic N) is 2. The van der Waals surface area contributed by atoms with Gasteiger partial charge in [-0.15, -0.1) is 0 Å². The minimum absolute atomic E-state index is 0.172. The maximum Gasteiger partial charge on any atom is 0.326 e. The van der Waals surface area contributed by atoms with Crippen molar-refractivity contribution in [3.63, 3.8) is 0 Å². The van der Waals surface area contributed by atoms with E-state index in [9.17, 15) is 9.59 Å². The first kappa shape index (κ1) is 12.2. The van der Waals surface area contributed by atoms with E-state index in [1.807, 2.05) is 0 Å². The molecule has 88 valence electrons. The zero-order valence-corrected chi connectivity index (χ0v) is 9.47. The van der Waals surface area contributed by atoms with Crippen LogP contribution >= 0.6 is 0 Å². The summed E-state index contributed by atoms with van der Waals surface area (Å²) < 4.78 is 1.54. The summed E-state index contributed by atoms with van der Waals surface area (Å²) in [7, 11) is 1.67. The van der Waals surface area contributed by atoms with Gasteiger partial charge in [0.25, 0.3) is 5.91 Å². The normalized spacial score (nSPS) is 12.5. The number of rotatable bonds is 4. The van der Waals surface area contributed by atoms with Crippen molar-refractivity contribution >= 4 is 11.9 Å². The highest BCUT2D eigenvalue weighted by molar-refractivity contribution is 5.95. The number of carbonyl (C=O) groups excluding carboxylic acids is 1. The van der Waals surface area contributed by atoms with Crippen molar-refractivity contribution in [2.75, 3.05) is 0 Å². The van der Waals surface area contributed by atoms with Gasteiger partial charge < -0.3 is 15.0 Å². The summed E-state index contributed by atoms with van der Waals surface area (Å²) in [5.41, 5.74) is 0.340. The molecule has 0 saturated heterocycles. The molecule has 0 spiro atoms. The summed E-state index contributed by atoms with van der Waals surface area (Å²) in [5, 5.41) is 11.4. The van der Waals surface area contributed by atoms with Crippen LogP contribution in [0.15, 0.2) is 12.5 Å². The van der Waals surface area contributed by atoms with E-state index in [0.717, 1.165) is 0 Å². The molecular formula is C10H15N3O3. The average Bonchev–Trinajstić information content (AvgIpc) is 2.59. The second kappa shape index (κ2) is 4.78. The maximum atomic E-state index is 11.7. The number of carboxylic acid groups (broad SMARTS) is 1. The Bertz CT molecular complexity index is 398. The fourth-order valence-electron chi connectivity index (χ4n) is 1.30. The zero-order valence-electron chi connectivity index (χ0n) is 9.47. The molecule has 0 saturated carbocycles. The molecular weight excluding hydrogens is 210 g/mol. The van der Waals surface area contributed by atoms with Gasteiger partial charge in [-0.3, -0.25) is 4.79 Å². The molecule has 16 heavy (non-hydrogen) atoms. The van der Waals surface area contributed by atoms with Crippen LogP contribution in [0.1, 0.15) is 24.3 Å². The zero-order chi connectivity index (χ0) is 12.3. The van der Waals surface area contributed by atoms with Crippen molar-refractivity contribution in [1.29, 1.82) is 0 Å². The quantitative estimate of drug-likeness (QED) is 0.769. The van der Waals surface area contributed by atoms with Gasteiger partial charge in [-0.2, -0.15) is 0 Å². The van der Waals surface area contributed by atoms with Gasteiger partial charge in [0.1, 0.15) is 11.7 Å². The van der Waals surface area contributed by atoms with Gasteiger partial charge in [-0.25, -0.2) is 9.78 Å². The number of aromatic nitrogens is 2. The van der Waals surface area contributed by atoms with Crippen LogP contribution in [0, 0.1) is 5.92 Å². The van der Waals surface area contributed by atoms with E-state index < -0.39 is 17.9 Å². The summed E-state index contributed by atoms with van der Waals surface area (Å²) in [6, 6.07) is -0.887. The van der Waals surface area contributed by atoms with Crippen molar-refractivity contribution < 1.29 is 14.7 Å². The van der Waals surface area contributed by atoms with Crippen LogP contribution in [0.4, 0.5) is 0 Å². The molecule has 0 aliphatic carbocycles. The van der Waals surface area contributed by atoms with E-state index in [2.05, 4.69) is 10.3 Å². The molecule has 0 aromatic carbocycles. The largest absolute Gasteiger partial charge is 0.480 e. The summed E-state index contributed by atoms with van der Waals surface area (Å²) in [5.74, 6) is -1.64. The maximum absolute atomic E-state index is 11.7. The van der Waals surface area contributed by atoms with Crippen molar-refractivity contribution in [2.24, 2.45) is 13.0 Å². The predicted molar refractivity (Wildman–Crippen MR) is 56.9 cm³/mol. The second-order valence-electron chi connectivity index (χ2n) is 3.92. The molecule has 6 heteroatoms. The fourth-order valence-corrected chi connectivity index (χ4v) is 1.30. The number of hydrogen-bond donors (Lipinski definition) is 2.